The molecule has 3 fully saturated rings. The number of nitriles is 1. The highest BCUT2D eigenvalue weighted by Crippen LogP contribution is 2.52. The van der Waals surface area contributed by atoms with Gasteiger partial charge in [0.15, 0.2) is 5.82 Å². The number of rotatable bonds is 4. The highest BCUT2D eigenvalue weighted by atomic mass is 16.7. The molecule has 1 aliphatic heterocycles. The standard InChI is InChI=1S/C19H21N5O6/c20-6-19(7-28-18(27)29-11-4-9-3-10(9)5-11)16(26)14(25)15(30-19)12-1-2-13-17(21)22-8-23-24(12)13/h1-2,8-11,14-16,25-26H,3-5,7H2,(H2,21,22,23)/t9-,10+,11+,14-,15-,16-,19+/m0/s1. The lowest BCUT2D eigenvalue weighted by Crippen LogP contribution is -2.46. The summed E-state index contributed by atoms with van der Waals surface area (Å²) in [7, 11) is 0. The van der Waals surface area contributed by atoms with Gasteiger partial charge in [-0.2, -0.15) is 10.4 Å². The number of ether oxygens (including phenoxy) is 3. The molecule has 158 valence electrons. The molecule has 2 aromatic heterocycles. The van der Waals surface area contributed by atoms with Gasteiger partial charge in [-0.25, -0.2) is 14.3 Å². The van der Waals surface area contributed by atoms with Gasteiger partial charge in [0, 0.05) is 0 Å². The minimum absolute atomic E-state index is 0.177. The number of anilines is 1. The third-order valence-corrected chi connectivity index (χ3v) is 6.31. The molecule has 7 atom stereocenters. The van der Waals surface area contributed by atoms with E-state index >= 15 is 0 Å². The van der Waals surface area contributed by atoms with Crippen molar-refractivity contribution in [2.45, 2.75) is 49.3 Å². The average molecular weight is 415 g/mol. The highest BCUT2D eigenvalue weighted by molar-refractivity contribution is 5.65. The number of aliphatic hydroxyl groups excluding tert-OH is 2. The fraction of sp³-hybridized carbons (Fsp3) is 0.579. The van der Waals surface area contributed by atoms with Crippen LogP contribution < -0.4 is 5.73 Å². The van der Waals surface area contributed by atoms with Crippen LogP contribution in [0.5, 0.6) is 0 Å². The quantitative estimate of drug-likeness (QED) is 0.592. The number of aliphatic hydroxyl groups is 2. The van der Waals surface area contributed by atoms with Crippen molar-refractivity contribution >= 4 is 17.5 Å². The lowest BCUT2D eigenvalue weighted by Gasteiger charge is -2.24. The smallest absolute Gasteiger partial charge is 0.431 e. The van der Waals surface area contributed by atoms with Crippen LogP contribution in [-0.2, 0) is 14.2 Å². The number of nitrogens with zero attached hydrogens (tertiary/aromatic N) is 4. The fourth-order valence-electron chi connectivity index (χ4n) is 4.57. The molecule has 2 aliphatic carbocycles. The van der Waals surface area contributed by atoms with Gasteiger partial charge in [0.2, 0.25) is 5.60 Å². The van der Waals surface area contributed by atoms with Gasteiger partial charge < -0.3 is 30.2 Å². The van der Waals surface area contributed by atoms with Crippen LogP contribution in [0.1, 0.15) is 31.1 Å². The van der Waals surface area contributed by atoms with E-state index in [2.05, 4.69) is 10.1 Å². The zero-order chi connectivity index (χ0) is 21.0. The summed E-state index contributed by atoms with van der Waals surface area (Å²) in [5.41, 5.74) is 4.72. The molecule has 2 aromatic rings. The van der Waals surface area contributed by atoms with Gasteiger partial charge in [0.05, 0.1) is 5.69 Å². The van der Waals surface area contributed by atoms with Crippen molar-refractivity contribution in [2.75, 3.05) is 12.3 Å². The Labute approximate surface area is 171 Å². The summed E-state index contributed by atoms with van der Waals surface area (Å²) in [4.78, 5) is 16.0. The Balaban J connectivity index is 1.30. The maximum Gasteiger partial charge on any atom is 0.508 e. The maximum absolute atomic E-state index is 12.1. The minimum atomic E-state index is -1.95. The summed E-state index contributed by atoms with van der Waals surface area (Å²) in [6, 6.07) is 5.08. The first kappa shape index (κ1) is 19.0. The van der Waals surface area contributed by atoms with E-state index in [1.807, 2.05) is 6.07 Å². The molecule has 30 heavy (non-hydrogen) atoms. The molecular weight excluding hydrogens is 394 g/mol. The van der Waals surface area contributed by atoms with Crippen molar-refractivity contribution in [3.63, 3.8) is 0 Å². The number of nitrogen functional groups attached to an aromatic ring is 1. The fourth-order valence-corrected chi connectivity index (χ4v) is 4.57. The molecule has 0 bridgehead atoms. The molecule has 3 aliphatic rings. The van der Waals surface area contributed by atoms with Gasteiger partial charge in [-0.05, 0) is 43.2 Å². The molecule has 3 heterocycles. The van der Waals surface area contributed by atoms with E-state index in [9.17, 15) is 20.3 Å². The highest BCUT2D eigenvalue weighted by Gasteiger charge is 2.57. The Bertz CT molecular complexity index is 1030. The third-order valence-electron chi connectivity index (χ3n) is 6.31. The number of carbonyl (C=O) groups excluding carboxylic acids is 1. The number of hydrogen-bond acceptors (Lipinski definition) is 10. The van der Waals surface area contributed by atoms with Crippen LogP contribution in [0.4, 0.5) is 10.6 Å². The van der Waals surface area contributed by atoms with Crippen molar-refractivity contribution in [3.8, 4) is 6.07 Å². The molecule has 0 unspecified atom stereocenters. The van der Waals surface area contributed by atoms with Gasteiger partial charge in [0.25, 0.3) is 0 Å². The van der Waals surface area contributed by atoms with Crippen molar-refractivity contribution in [1.29, 1.82) is 5.26 Å². The zero-order valence-corrected chi connectivity index (χ0v) is 15.9. The maximum atomic E-state index is 12.1. The summed E-state index contributed by atoms with van der Waals surface area (Å²) in [6.45, 7) is -0.586. The molecule has 1 saturated heterocycles. The van der Waals surface area contributed by atoms with Gasteiger partial charge in [0.1, 0.15) is 48.9 Å². The van der Waals surface area contributed by atoms with Crippen LogP contribution in [-0.4, -0.2) is 61.5 Å². The number of hydrogen-bond donors (Lipinski definition) is 3. The lowest BCUT2D eigenvalue weighted by molar-refractivity contribution is -0.0890. The second-order valence-electron chi connectivity index (χ2n) is 8.18. The molecule has 0 aromatic carbocycles. The second kappa shape index (κ2) is 6.80. The van der Waals surface area contributed by atoms with E-state index in [4.69, 9.17) is 19.9 Å². The second-order valence-corrected chi connectivity index (χ2v) is 8.18. The van der Waals surface area contributed by atoms with E-state index < -0.39 is 36.7 Å². The first-order valence-electron chi connectivity index (χ1n) is 9.78. The first-order chi connectivity index (χ1) is 14.4. The molecule has 11 nitrogen and oxygen atoms in total. The summed E-state index contributed by atoms with van der Waals surface area (Å²) >= 11 is 0. The molecule has 4 N–H and O–H groups in total. The number of fused-ring (bicyclic) bond motifs is 2. The molecular formula is C19H21N5O6. The molecule has 11 heteroatoms. The summed E-state index contributed by atoms with van der Waals surface area (Å²) in [6.07, 6.45) is -1.18. The predicted molar refractivity (Wildman–Crippen MR) is 98.6 cm³/mol. The van der Waals surface area contributed by atoms with Crippen LogP contribution in [0.2, 0.25) is 0 Å². The van der Waals surface area contributed by atoms with Crippen molar-refractivity contribution < 1.29 is 29.2 Å². The Kier molecular flexibility index (Phi) is 4.32. The van der Waals surface area contributed by atoms with Gasteiger partial charge in [-0.15, -0.1) is 0 Å². The Morgan fingerprint density at radius 1 is 1.37 bits per heavy atom. The number of aromatic nitrogens is 3. The summed E-state index contributed by atoms with van der Waals surface area (Å²) in [5.74, 6) is 1.50. The van der Waals surface area contributed by atoms with Gasteiger partial charge >= 0.3 is 6.16 Å². The summed E-state index contributed by atoms with van der Waals surface area (Å²) in [5, 5.41) is 34.9. The van der Waals surface area contributed by atoms with Crippen molar-refractivity contribution in [2.24, 2.45) is 11.8 Å². The Hall–Kier alpha value is -2.94. The Morgan fingerprint density at radius 2 is 2.13 bits per heavy atom. The average Bonchev–Trinajstić information content (AvgIpc) is 3.05. The van der Waals surface area contributed by atoms with Gasteiger partial charge in [-0.1, -0.05) is 0 Å². The van der Waals surface area contributed by atoms with Crippen molar-refractivity contribution in [1.82, 2.24) is 14.6 Å². The monoisotopic (exact) mass is 415 g/mol. The predicted octanol–water partition coefficient (Wildman–Crippen LogP) is 0.319. The third kappa shape index (κ3) is 2.96. The van der Waals surface area contributed by atoms with Crippen LogP contribution in [0, 0.1) is 23.2 Å². The van der Waals surface area contributed by atoms with Crippen LogP contribution in [0.3, 0.4) is 0 Å². The van der Waals surface area contributed by atoms with Crippen LogP contribution >= 0.6 is 0 Å². The van der Waals surface area contributed by atoms with E-state index in [1.54, 1.807) is 12.1 Å². The van der Waals surface area contributed by atoms with E-state index in [1.165, 1.54) is 17.3 Å². The van der Waals surface area contributed by atoms with E-state index in [0.29, 0.717) is 23.0 Å². The first-order valence-corrected chi connectivity index (χ1v) is 9.78. The lowest BCUT2D eigenvalue weighted by atomic mass is 9.96. The number of carbonyl (C=O) groups is 1. The normalized spacial score (nSPS) is 37.0. The van der Waals surface area contributed by atoms with Crippen LogP contribution in [0.15, 0.2) is 18.5 Å². The van der Waals surface area contributed by atoms with Gasteiger partial charge in [-0.3, -0.25) is 0 Å². The molecule has 0 amide bonds. The van der Waals surface area contributed by atoms with Crippen LogP contribution in [0.25, 0.3) is 5.52 Å². The molecule has 0 spiro atoms. The minimum Gasteiger partial charge on any atom is -0.431 e. The SMILES string of the molecule is N#C[C@]1(COC(=O)O[C@@H]2C[C@@H]3C[C@@H]3C2)O[C@@H](c2ccc3c(N)ncnn23)[C@H](O)[C@@H]1O. The molecule has 5 rings (SSSR count). The topological polar surface area (TPSA) is 165 Å². The molecule has 2 saturated carbocycles. The van der Waals surface area contributed by atoms with Crippen molar-refractivity contribution in [3.05, 3.63) is 24.2 Å². The van der Waals surface area contributed by atoms with E-state index in [0.717, 1.165) is 12.8 Å². The largest absolute Gasteiger partial charge is 0.508 e. The zero-order valence-electron chi connectivity index (χ0n) is 15.9. The Morgan fingerprint density at radius 3 is 2.87 bits per heavy atom. The summed E-state index contributed by atoms with van der Waals surface area (Å²) < 4.78 is 17.5. The molecule has 0 radical (unpaired) electrons. The van der Waals surface area contributed by atoms with E-state index in [-0.39, 0.29) is 11.9 Å². The number of nitrogens with two attached hydrogens (primary N) is 1.